The largest absolute Gasteiger partial charge is 0.416 e. The molecule has 3 aromatic heterocycles. The summed E-state index contributed by atoms with van der Waals surface area (Å²) in [5.74, 6) is -2.53. The van der Waals surface area contributed by atoms with Crippen molar-refractivity contribution < 1.29 is 70.4 Å². The molecule has 0 saturated heterocycles. The SMILES string of the molecule is O=C(CN(c1cc(C(F)(F)F)cc(C(F)(F)F)c1)S(=O)(=O)c1ccccc1)Nc1cccnc1.O=C(CN(c1ccc(F)cc1)S(=O)(=O)c1ccccc1)Nc1cccnc1.O=C(CN(c1ccccc1)S(=O)(=O)c1ccccc1)Nc1cccnc1. The fourth-order valence-electron chi connectivity index (χ4n) is 7.69. The van der Waals surface area contributed by atoms with Crippen LogP contribution >= 0.6 is 0 Å². The quantitative estimate of drug-likeness (QED) is 0.0680. The summed E-state index contributed by atoms with van der Waals surface area (Å²) in [4.78, 5) is 48.7. The zero-order chi connectivity index (χ0) is 62.8. The lowest BCUT2D eigenvalue weighted by molar-refractivity contribution is -0.143. The highest BCUT2D eigenvalue weighted by Gasteiger charge is 2.39. The Bertz CT molecular complexity index is 4060. The molecule has 9 rings (SSSR count). The second-order valence-electron chi connectivity index (χ2n) is 17.9. The molecule has 0 aliphatic rings. The molecule has 450 valence electrons. The van der Waals surface area contributed by atoms with Crippen molar-refractivity contribution in [1.29, 1.82) is 0 Å². The zero-order valence-corrected chi connectivity index (χ0v) is 47.3. The Labute approximate surface area is 494 Å². The van der Waals surface area contributed by atoms with Gasteiger partial charge >= 0.3 is 12.4 Å². The van der Waals surface area contributed by atoms with Crippen molar-refractivity contribution in [2.24, 2.45) is 0 Å². The van der Waals surface area contributed by atoms with Gasteiger partial charge in [0.1, 0.15) is 25.5 Å². The topological polar surface area (TPSA) is 238 Å². The lowest BCUT2D eigenvalue weighted by atomic mass is 10.1. The van der Waals surface area contributed by atoms with E-state index in [0.717, 1.165) is 32.9 Å². The number of aromatic nitrogens is 3. The Kier molecular flexibility index (Phi) is 21.3. The van der Waals surface area contributed by atoms with Gasteiger partial charge in [-0.3, -0.25) is 42.3 Å². The van der Waals surface area contributed by atoms with E-state index in [2.05, 4.69) is 30.9 Å². The summed E-state index contributed by atoms with van der Waals surface area (Å²) in [6, 6.07) is 45.4. The van der Waals surface area contributed by atoms with Crippen molar-refractivity contribution in [1.82, 2.24) is 15.0 Å². The molecule has 0 aliphatic heterocycles. The highest BCUT2D eigenvalue weighted by atomic mass is 32.2. The van der Waals surface area contributed by atoms with E-state index in [9.17, 15) is 70.4 Å². The molecule has 18 nitrogen and oxygen atoms in total. The van der Waals surface area contributed by atoms with Gasteiger partial charge in [-0.2, -0.15) is 26.3 Å². The van der Waals surface area contributed by atoms with Crippen molar-refractivity contribution in [3.05, 3.63) is 254 Å². The van der Waals surface area contributed by atoms with Crippen LogP contribution < -0.4 is 28.9 Å². The number of hydrogen-bond acceptors (Lipinski definition) is 12. The standard InChI is InChI=1S/C21H15F6N3O3S.C19H16FN3O3S.C19H17N3O3S/c22-20(23,24)14-9-15(21(25,26)27)11-17(10-14)30(34(32,33)18-6-2-1-3-7-18)13-19(31)29-16-5-4-8-28-12-16;20-15-8-10-17(11-9-15)23(27(25,26)18-6-2-1-3-7-18)14-19(24)22-16-5-4-12-21-13-16;23-19(21-16-8-7-13-20-14-16)15-22(17-9-3-1-4-10-17)26(24,25)18-11-5-2-6-12-18/h1-12H,13H2,(H,29,31);1-13H,14H2,(H,22,24);1-14H,15H2,(H,21,23). The normalized spacial score (nSPS) is 11.5. The average Bonchev–Trinajstić information content (AvgIpc) is 2.00. The molecule has 0 atom stereocenters. The Balaban J connectivity index is 0.000000189. The molecule has 0 bridgehead atoms. The van der Waals surface area contributed by atoms with Crippen LogP contribution in [0.3, 0.4) is 0 Å². The number of carbonyl (C=O) groups is 3. The Morgan fingerprint density at radius 3 is 0.943 bits per heavy atom. The van der Waals surface area contributed by atoms with Crippen LogP contribution in [0, 0.1) is 5.82 Å². The van der Waals surface area contributed by atoms with Gasteiger partial charge in [-0.05, 0) is 127 Å². The van der Waals surface area contributed by atoms with Gasteiger partial charge in [-0.1, -0.05) is 72.8 Å². The number of sulfonamides is 3. The van der Waals surface area contributed by atoms with Crippen LogP contribution in [0.25, 0.3) is 0 Å². The second kappa shape index (κ2) is 28.7. The van der Waals surface area contributed by atoms with Gasteiger partial charge in [0, 0.05) is 18.6 Å². The van der Waals surface area contributed by atoms with E-state index in [1.165, 1.54) is 91.5 Å². The average molecular weight is 1260 g/mol. The molecule has 6 aromatic carbocycles. The number of alkyl halides is 6. The number of nitrogens with one attached hydrogen (secondary N) is 3. The van der Waals surface area contributed by atoms with Crippen molar-refractivity contribution in [2.45, 2.75) is 27.0 Å². The Morgan fingerprint density at radius 2 is 0.655 bits per heavy atom. The number of nitrogens with zero attached hydrogens (tertiary/aromatic N) is 6. The van der Waals surface area contributed by atoms with Gasteiger partial charge in [-0.15, -0.1) is 0 Å². The number of anilines is 6. The van der Waals surface area contributed by atoms with Crippen molar-refractivity contribution in [3.8, 4) is 0 Å². The number of rotatable bonds is 18. The molecular weight excluding hydrogens is 1210 g/mol. The van der Waals surface area contributed by atoms with Crippen LogP contribution in [0.2, 0.25) is 0 Å². The highest BCUT2D eigenvalue weighted by molar-refractivity contribution is 7.93. The first kappa shape index (κ1) is 64.5. The maximum atomic E-state index is 13.3. The summed E-state index contributed by atoms with van der Waals surface area (Å²) in [6.45, 7) is -1.93. The first-order valence-corrected chi connectivity index (χ1v) is 29.6. The van der Waals surface area contributed by atoms with E-state index < -0.39 is 101 Å². The molecule has 3 N–H and O–H groups in total. The molecule has 9 aromatic rings. The monoisotopic (exact) mass is 1260 g/mol. The molecule has 0 saturated carbocycles. The van der Waals surface area contributed by atoms with Crippen LogP contribution in [0.1, 0.15) is 11.1 Å². The molecule has 0 unspecified atom stereocenters. The summed E-state index contributed by atoms with van der Waals surface area (Å²) in [7, 11) is -12.6. The van der Waals surface area contributed by atoms with Crippen LogP contribution in [0.15, 0.2) is 252 Å². The van der Waals surface area contributed by atoms with Crippen molar-refractivity contribution >= 4 is 81.9 Å². The third-order valence-electron chi connectivity index (χ3n) is 11.7. The number of amides is 3. The first-order valence-electron chi connectivity index (χ1n) is 25.3. The van der Waals surface area contributed by atoms with Gasteiger partial charge in [-0.25, -0.2) is 29.6 Å². The van der Waals surface area contributed by atoms with Gasteiger partial charge in [0.25, 0.3) is 30.1 Å². The minimum atomic E-state index is -5.21. The number of benzene rings is 6. The fourth-order valence-corrected chi connectivity index (χ4v) is 12.0. The predicted molar refractivity (Wildman–Crippen MR) is 311 cm³/mol. The summed E-state index contributed by atoms with van der Waals surface area (Å²) in [6.07, 6.45) is -1.72. The van der Waals surface area contributed by atoms with E-state index >= 15 is 0 Å². The zero-order valence-electron chi connectivity index (χ0n) is 44.9. The third kappa shape index (κ3) is 18.0. The maximum absolute atomic E-state index is 13.3. The number of hydrogen-bond donors (Lipinski definition) is 3. The summed E-state index contributed by atoms with van der Waals surface area (Å²) in [5, 5.41) is 7.56. The van der Waals surface area contributed by atoms with Crippen molar-refractivity contribution in [2.75, 3.05) is 48.5 Å². The molecule has 28 heteroatoms. The van der Waals surface area contributed by atoms with E-state index in [-0.39, 0.29) is 50.2 Å². The summed E-state index contributed by atoms with van der Waals surface area (Å²) >= 11 is 0. The maximum Gasteiger partial charge on any atom is 0.416 e. The molecular formula is C59H48F7N9O9S3. The number of pyridine rings is 3. The van der Waals surface area contributed by atoms with Gasteiger partial charge in [0.2, 0.25) is 17.7 Å². The number of para-hydroxylation sites is 1. The number of carbonyl (C=O) groups excluding carboxylic acids is 3. The molecule has 0 fully saturated rings. The summed E-state index contributed by atoms with van der Waals surface area (Å²) in [5.41, 5.74) is -2.74. The Hall–Kier alpha value is -10.1. The molecule has 0 radical (unpaired) electrons. The second-order valence-corrected chi connectivity index (χ2v) is 23.5. The van der Waals surface area contributed by atoms with E-state index in [1.54, 1.807) is 103 Å². The van der Waals surface area contributed by atoms with Gasteiger partial charge < -0.3 is 16.0 Å². The first-order chi connectivity index (χ1) is 41.3. The third-order valence-corrected chi connectivity index (χ3v) is 17.1. The molecule has 3 heterocycles. The molecule has 87 heavy (non-hydrogen) atoms. The van der Waals surface area contributed by atoms with E-state index in [0.29, 0.717) is 17.1 Å². The highest BCUT2D eigenvalue weighted by Crippen LogP contribution is 2.40. The molecule has 3 amide bonds. The van der Waals surface area contributed by atoms with Crippen LogP contribution in [-0.4, -0.2) is 77.6 Å². The van der Waals surface area contributed by atoms with E-state index in [4.69, 9.17) is 0 Å². The lowest BCUT2D eigenvalue weighted by Gasteiger charge is -2.26. The predicted octanol–water partition coefficient (Wildman–Crippen LogP) is 10.9. The minimum absolute atomic E-state index is 0.0310. The minimum Gasteiger partial charge on any atom is -0.323 e. The smallest absolute Gasteiger partial charge is 0.323 e. The van der Waals surface area contributed by atoms with E-state index in [1.807, 2.05) is 0 Å². The van der Waals surface area contributed by atoms with Crippen LogP contribution in [0.5, 0.6) is 0 Å². The number of halogens is 7. The molecule has 0 aliphatic carbocycles. The van der Waals surface area contributed by atoms with Gasteiger partial charge in [0.15, 0.2) is 0 Å². The van der Waals surface area contributed by atoms with Gasteiger partial charge in [0.05, 0.1) is 78.5 Å². The molecule has 0 spiro atoms. The van der Waals surface area contributed by atoms with Crippen LogP contribution in [0.4, 0.5) is 64.9 Å². The summed E-state index contributed by atoms with van der Waals surface area (Å²) < 4.78 is 174. The van der Waals surface area contributed by atoms with Crippen molar-refractivity contribution in [3.63, 3.8) is 0 Å². The lowest BCUT2D eigenvalue weighted by Crippen LogP contribution is -2.38. The fraction of sp³-hybridized carbons (Fsp3) is 0.0847. The Morgan fingerprint density at radius 1 is 0.368 bits per heavy atom. The van der Waals surface area contributed by atoms with Crippen LogP contribution in [-0.2, 0) is 56.8 Å².